The summed E-state index contributed by atoms with van der Waals surface area (Å²) in [6.07, 6.45) is 2.25. The van der Waals surface area contributed by atoms with Gasteiger partial charge in [-0.15, -0.1) is 0 Å². The van der Waals surface area contributed by atoms with Crippen molar-refractivity contribution in [2.45, 2.75) is 30.9 Å². The Bertz CT molecular complexity index is 825. The van der Waals surface area contributed by atoms with Crippen LogP contribution < -0.4 is 10.2 Å². The number of rotatable bonds is 10. The molecule has 2 aromatic rings. The normalized spacial score (nSPS) is 12.5. The average molecular weight is 409 g/mol. The van der Waals surface area contributed by atoms with Gasteiger partial charge in [0, 0.05) is 0 Å². The smallest absolute Gasteiger partial charge is 0.261 e. The summed E-state index contributed by atoms with van der Waals surface area (Å²) in [5, 5.41) is 0. The van der Waals surface area contributed by atoms with Crippen LogP contribution in [0.3, 0.4) is 0 Å². The molecule has 27 heavy (non-hydrogen) atoms. The zero-order valence-electron chi connectivity index (χ0n) is 15.3. The topological polar surface area (TPSA) is 84.5 Å². The molecule has 0 aromatic heterocycles. The quantitative estimate of drug-likeness (QED) is 0.591. The third kappa shape index (κ3) is 6.99. The third-order valence-corrected chi connectivity index (χ3v) is 5.94. The summed E-state index contributed by atoms with van der Waals surface area (Å²) in [6.45, 7) is 2.08. The summed E-state index contributed by atoms with van der Waals surface area (Å²) in [6, 6.07) is 14.9. The van der Waals surface area contributed by atoms with Crippen LogP contribution in [0.1, 0.15) is 17.5 Å². The van der Waals surface area contributed by atoms with E-state index in [1.165, 1.54) is 23.9 Å². The number of amides is 1. The Morgan fingerprint density at radius 2 is 1.78 bits per heavy atom. The maximum Gasteiger partial charge on any atom is 0.261 e. The summed E-state index contributed by atoms with van der Waals surface area (Å²) in [4.78, 5) is 17.8. The summed E-state index contributed by atoms with van der Waals surface area (Å²) in [5.41, 5.74) is 4.21. The molecule has 2 rings (SSSR count). The van der Waals surface area contributed by atoms with Gasteiger partial charge in [-0.1, -0.05) is 48.0 Å². The van der Waals surface area contributed by atoms with Gasteiger partial charge in [-0.05, 0) is 43.0 Å². The first-order valence-corrected chi connectivity index (χ1v) is 11.3. The lowest BCUT2D eigenvalue weighted by Gasteiger charge is -2.18. The third-order valence-electron chi connectivity index (χ3n) is 3.81. The maximum atomic E-state index is 12.6. The highest BCUT2D eigenvalue weighted by molar-refractivity contribution is 7.98. The zero-order chi connectivity index (χ0) is 19.7. The van der Waals surface area contributed by atoms with E-state index in [2.05, 4.69) is 10.2 Å². The predicted octanol–water partition coefficient (Wildman–Crippen LogP) is 2.64. The average Bonchev–Trinajstić information content (AvgIpc) is 2.66. The second-order valence-electron chi connectivity index (χ2n) is 6.01. The lowest BCUT2D eigenvalue weighted by atomic mass is 10.2. The van der Waals surface area contributed by atoms with Crippen molar-refractivity contribution in [1.82, 2.24) is 10.2 Å². The summed E-state index contributed by atoms with van der Waals surface area (Å²) >= 11 is 1.54. The lowest BCUT2D eigenvalue weighted by Crippen LogP contribution is -2.46. The minimum atomic E-state index is -3.80. The van der Waals surface area contributed by atoms with Gasteiger partial charge in [0.25, 0.3) is 5.91 Å². The first kappa shape index (κ1) is 21.4. The Morgan fingerprint density at radius 1 is 1.11 bits per heavy atom. The van der Waals surface area contributed by atoms with Crippen molar-refractivity contribution in [3.8, 4) is 0 Å². The summed E-state index contributed by atoms with van der Waals surface area (Å²) < 4.78 is 27.6. The van der Waals surface area contributed by atoms with Gasteiger partial charge in [0.2, 0.25) is 10.0 Å². The number of hydrogen-bond donors (Lipinski definition) is 2. The van der Waals surface area contributed by atoms with E-state index in [0.29, 0.717) is 12.2 Å². The molecule has 1 atom stereocenters. The molecular formula is C19H24N2O4S2. The fourth-order valence-corrected chi connectivity index (χ4v) is 3.99. The number of aryl methyl sites for hydroxylation is 1. The second-order valence-corrected chi connectivity index (χ2v) is 8.71. The van der Waals surface area contributed by atoms with E-state index < -0.39 is 22.0 Å². The Labute approximate surface area is 164 Å². The maximum absolute atomic E-state index is 12.6. The van der Waals surface area contributed by atoms with Crippen LogP contribution in [0.15, 0.2) is 59.5 Å². The van der Waals surface area contributed by atoms with Gasteiger partial charge in [-0.25, -0.2) is 13.9 Å². The molecule has 6 nitrogen and oxygen atoms in total. The van der Waals surface area contributed by atoms with Crippen LogP contribution in [0.2, 0.25) is 0 Å². The molecule has 2 N–H and O–H groups in total. The molecule has 1 amide bonds. The Balaban J connectivity index is 2.00. The van der Waals surface area contributed by atoms with Gasteiger partial charge >= 0.3 is 0 Å². The highest BCUT2D eigenvalue weighted by atomic mass is 32.2. The molecule has 0 radical (unpaired) electrons. The monoisotopic (exact) mass is 408 g/mol. The van der Waals surface area contributed by atoms with Gasteiger partial charge in [0.1, 0.15) is 6.04 Å². The number of hydroxylamine groups is 1. The Morgan fingerprint density at radius 3 is 2.41 bits per heavy atom. The molecule has 1 unspecified atom stereocenters. The standard InChI is InChI=1S/C19H24N2O4S2/c1-15-8-10-17(11-9-15)27(23,24)21-18(12-13-26-2)19(22)20-25-14-16-6-4-3-5-7-16/h3-11,18,21H,12-14H2,1-2H3,(H,20,22). The van der Waals surface area contributed by atoms with Crippen LogP contribution >= 0.6 is 11.8 Å². The minimum absolute atomic E-state index is 0.125. The molecule has 0 fully saturated rings. The number of thioether (sulfide) groups is 1. The van der Waals surface area contributed by atoms with Gasteiger partial charge in [0.15, 0.2) is 0 Å². The van der Waals surface area contributed by atoms with E-state index in [1.54, 1.807) is 12.1 Å². The van der Waals surface area contributed by atoms with Crippen LogP contribution in [0.4, 0.5) is 0 Å². The van der Waals surface area contributed by atoms with Crippen molar-refractivity contribution in [2.75, 3.05) is 12.0 Å². The molecule has 8 heteroatoms. The number of carbonyl (C=O) groups is 1. The van der Waals surface area contributed by atoms with Crippen molar-refractivity contribution in [3.63, 3.8) is 0 Å². The second kappa shape index (κ2) is 10.5. The molecule has 146 valence electrons. The van der Waals surface area contributed by atoms with Crippen LogP contribution in [-0.4, -0.2) is 32.4 Å². The first-order chi connectivity index (χ1) is 12.9. The zero-order valence-corrected chi connectivity index (χ0v) is 17.0. The highest BCUT2D eigenvalue weighted by Crippen LogP contribution is 2.12. The number of benzene rings is 2. The van der Waals surface area contributed by atoms with Crippen molar-refractivity contribution in [1.29, 1.82) is 0 Å². The molecule has 0 aliphatic carbocycles. The molecule has 0 aliphatic heterocycles. The molecular weight excluding hydrogens is 384 g/mol. The number of sulfonamides is 1. The van der Waals surface area contributed by atoms with E-state index in [0.717, 1.165) is 11.1 Å². The Hall–Kier alpha value is -1.87. The molecule has 0 spiro atoms. The van der Waals surface area contributed by atoms with Crippen LogP contribution in [0.25, 0.3) is 0 Å². The molecule has 0 heterocycles. The van der Waals surface area contributed by atoms with E-state index in [9.17, 15) is 13.2 Å². The molecule has 2 aromatic carbocycles. The summed E-state index contributed by atoms with van der Waals surface area (Å²) in [5.74, 6) is 0.114. The fourth-order valence-electron chi connectivity index (χ4n) is 2.29. The number of hydrogen-bond acceptors (Lipinski definition) is 5. The van der Waals surface area contributed by atoms with E-state index in [4.69, 9.17) is 4.84 Å². The van der Waals surface area contributed by atoms with Crippen molar-refractivity contribution < 1.29 is 18.0 Å². The Kier molecular flexibility index (Phi) is 8.30. The SMILES string of the molecule is CSCCC(NS(=O)(=O)c1ccc(C)cc1)C(=O)NOCc1ccccc1. The van der Waals surface area contributed by atoms with Gasteiger partial charge in [-0.3, -0.25) is 9.63 Å². The molecule has 0 bridgehead atoms. The largest absolute Gasteiger partial charge is 0.271 e. The van der Waals surface area contributed by atoms with Crippen LogP contribution in [0.5, 0.6) is 0 Å². The first-order valence-electron chi connectivity index (χ1n) is 8.46. The van der Waals surface area contributed by atoms with Crippen molar-refractivity contribution in [3.05, 3.63) is 65.7 Å². The molecule has 0 aliphatic rings. The number of nitrogens with one attached hydrogen (secondary N) is 2. The predicted molar refractivity (Wildman–Crippen MR) is 108 cm³/mol. The summed E-state index contributed by atoms with van der Waals surface area (Å²) in [7, 11) is -3.80. The van der Waals surface area contributed by atoms with E-state index in [1.807, 2.05) is 43.5 Å². The van der Waals surface area contributed by atoms with Crippen LogP contribution in [0, 0.1) is 6.92 Å². The van der Waals surface area contributed by atoms with Gasteiger partial charge < -0.3 is 0 Å². The molecule has 0 saturated carbocycles. The van der Waals surface area contributed by atoms with Gasteiger partial charge in [-0.2, -0.15) is 16.5 Å². The molecule has 0 saturated heterocycles. The number of carbonyl (C=O) groups excluding carboxylic acids is 1. The minimum Gasteiger partial charge on any atom is -0.271 e. The highest BCUT2D eigenvalue weighted by Gasteiger charge is 2.25. The lowest BCUT2D eigenvalue weighted by molar-refractivity contribution is -0.136. The van der Waals surface area contributed by atoms with Gasteiger partial charge in [0.05, 0.1) is 11.5 Å². The van der Waals surface area contributed by atoms with Crippen molar-refractivity contribution in [2.24, 2.45) is 0 Å². The van der Waals surface area contributed by atoms with E-state index in [-0.39, 0.29) is 11.5 Å². The van der Waals surface area contributed by atoms with Crippen molar-refractivity contribution >= 4 is 27.7 Å². The fraction of sp³-hybridized carbons (Fsp3) is 0.316. The van der Waals surface area contributed by atoms with E-state index >= 15 is 0 Å². The van der Waals surface area contributed by atoms with Crippen LogP contribution in [-0.2, 0) is 26.3 Å².